The van der Waals surface area contributed by atoms with Crippen LogP contribution in [0.5, 0.6) is 0 Å². The number of thiazole rings is 1. The molecule has 0 radical (unpaired) electrons. The van der Waals surface area contributed by atoms with E-state index in [1.54, 1.807) is 12.1 Å². The first-order valence-electron chi connectivity index (χ1n) is 8.24. The molecule has 0 spiro atoms. The minimum Gasteiger partial charge on any atom is -0.349 e. The Morgan fingerprint density at radius 2 is 1.92 bits per heavy atom. The number of halogens is 1. The molecule has 2 aromatic carbocycles. The lowest BCUT2D eigenvalue weighted by molar-refractivity contribution is -0.119. The molecule has 0 saturated carbocycles. The van der Waals surface area contributed by atoms with Gasteiger partial charge in [-0.15, -0.1) is 23.1 Å². The molecule has 1 unspecified atom stereocenters. The van der Waals surface area contributed by atoms with Gasteiger partial charge in [-0.1, -0.05) is 30.3 Å². The van der Waals surface area contributed by atoms with Crippen LogP contribution in [0, 0.1) is 5.82 Å². The molecule has 134 valence electrons. The van der Waals surface area contributed by atoms with Crippen molar-refractivity contribution in [2.24, 2.45) is 0 Å². The molecule has 3 aromatic rings. The Balaban J connectivity index is 1.46. The van der Waals surface area contributed by atoms with Crippen molar-refractivity contribution in [2.45, 2.75) is 18.7 Å². The number of carbonyl (C=O) groups is 1. The van der Waals surface area contributed by atoms with E-state index in [1.807, 2.05) is 42.6 Å². The van der Waals surface area contributed by atoms with Gasteiger partial charge in [0.05, 0.1) is 17.5 Å². The molecule has 0 saturated heterocycles. The van der Waals surface area contributed by atoms with E-state index in [0.29, 0.717) is 11.5 Å². The lowest BCUT2D eigenvalue weighted by Crippen LogP contribution is -2.28. The normalized spacial score (nSPS) is 11.9. The molecular formula is C20H19FN2OS2. The van der Waals surface area contributed by atoms with Crippen molar-refractivity contribution in [3.63, 3.8) is 0 Å². The van der Waals surface area contributed by atoms with Gasteiger partial charge >= 0.3 is 0 Å². The van der Waals surface area contributed by atoms with Crippen LogP contribution in [0.25, 0.3) is 10.6 Å². The lowest BCUT2D eigenvalue weighted by atomic mass is 10.1. The standard InChI is InChI=1S/C20H19FN2OS2/c1-14(15-5-3-2-4-6-15)22-19(24)13-25-11-18-12-26-20(23-18)16-7-9-17(21)10-8-16/h2-10,12,14H,11,13H2,1H3,(H,22,24). The summed E-state index contributed by atoms with van der Waals surface area (Å²) in [4.78, 5) is 16.6. The van der Waals surface area contributed by atoms with E-state index in [2.05, 4.69) is 10.3 Å². The van der Waals surface area contributed by atoms with Gasteiger partial charge in [-0.25, -0.2) is 9.37 Å². The fourth-order valence-electron chi connectivity index (χ4n) is 2.45. The number of rotatable bonds is 7. The van der Waals surface area contributed by atoms with E-state index in [-0.39, 0.29) is 17.8 Å². The molecule has 3 nitrogen and oxygen atoms in total. The summed E-state index contributed by atoms with van der Waals surface area (Å²) < 4.78 is 13.0. The van der Waals surface area contributed by atoms with Crippen LogP contribution in [0.4, 0.5) is 4.39 Å². The fourth-order valence-corrected chi connectivity index (χ4v) is 4.11. The number of nitrogens with zero attached hydrogens (tertiary/aromatic N) is 1. The van der Waals surface area contributed by atoms with Crippen LogP contribution >= 0.6 is 23.1 Å². The second-order valence-corrected chi connectivity index (χ2v) is 7.69. The first kappa shape index (κ1) is 18.6. The Kier molecular flexibility index (Phi) is 6.41. The first-order valence-corrected chi connectivity index (χ1v) is 10.3. The Labute approximate surface area is 160 Å². The highest BCUT2D eigenvalue weighted by atomic mass is 32.2. The molecule has 1 atom stereocenters. The maximum Gasteiger partial charge on any atom is 0.230 e. The molecule has 1 aromatic heterocycles. The number of amides is 1. The quantitative estimate of drug-likeness (QED) is 0.617. The highest BCUT2D eigenvalue weighted by Gasteiger charge is 2.10. The molecule has 1 N–H and O–H groups in total. The number of carbonyl (C=O) groups excluding carboxylic acids is 1. The van der Waals surface area contributed by atoms with Crippen molar-refractivity contribution in [1.82, 2.24) is 10.3 Å². The number of aromatic nitrogens is 1. The summed E-state index contributed by atoms with van der Waals surface area (Å²) in [6.45, 7) is 1.98. The van der Waals surface area contributed by atoms with Crippen molar-refractivity contribution in [1.29, 1.82) is 0 Å². The van der Waals surface area contributed by atoms with Gasteiger partial charge in [-0.2, -0.15) is 0 Å². The summed E-state index contributed by atoms with van der Waals surface area (Å²) in [7, 11) is 0. The molecule has 6 heteroatoms. The Bertz CT molecular complexity index is 850. The molecule has 26 heavy (non-hydrogen) atoms. The summed E-state index contributed by atoms with van der Waals surface area (Å²) >= 11 is 3.06. The Hall–Kier alpha value is -2.18. The van der Waals surface area contributed by atoms with E-state index in [0.717, 1.165) is 21.8 Å². The Morgan fingerprint density at radius 1 is 1.19 bits per heavy atom. The summed E-state index contributed by atoms with van der Waals surface area (Å²) in [6.07, 6.45) is 0. The third-order valence-corrected chi connectivity index (χ3v) is 5.71. The zero-order chi connectivity index (χ0) is 18.4. The van der Waals surface area contributed by atoms with Gasteiger partial charge < -0.3 is 5.32 Å². The van der Waals surface area contributed by atoms with Crippen LogP contribution in [0.1, 0.15) is 24.2 Å². The van der Waals surface area contributed by atoms with Gasteiger partial charge in [0.2, 0.25) is 5.91 Å². The molecular weight excluding hydrogens is 367 g/mol. The highest BCUT2D eigenvalue weighted by Crippen LogP contribution is 2.25. The SMILES string of the molecule is CC(NC(=O)CSCc1csc(-c2ccc(F)cc2)n1)c1ccccc1. The molecule has 0 aliphatic heterocycles. The monoisotopic (exact) mass is 386 g/mol. The second kappa shape index (κ2) is 8.96. The predicted molar refractivity (Wildman–Crippen MR) is 107 cm³/mol. The van der Waals surface area contributed by atoms with Crippen molar-refractivity contribution in [3.8, 4) is 10.6 Å². The summed E-state index contributed by atoms with van der Waals surface area (Å²) in [6, 6.07) is 16.2. The third-order valence-electron chi connectivity index (χ3n) is 3.80. The molecule has 0 aliphatic rings. The molecule has 0 aliphatic carbocycles. The average Bonchev–Trinajstić information content (AvgIpc) is 3.12. The summed E-state index contributed by atoms with van der Waals surface area (Å²) in [5.74, 6) is 0.822. The maximum absolute atomic E-state index is 13.0. The minimum atomic E-state index is -0.253. The number of nitrogens with one attached hydrogen (secondary N) is 1. The smallest absolute Gasteiger partial charge is 0.230 e. The maximum atomic E-state index is 13.0. The van der Waals surface area contributed by atoms with Crippen molar-refractivity contribution < 1.29 is 9.18 Å². The van der Waals surface area contributed by atoms with Gasteiger partial charge in [0.25, 0.3) is 0 Å². The van der Waals surface area contributed by atoms with E-state index in [9.17, 15) is 9.18 Å². The highest BCUT2D eigenvalue weighted by molar-refractivity contribution is 7.99. The number of thioether (sulfide) groups is 1. The number of benzene rings is 2. The second-order valence-electron chi connectivity index (χ2n) is 5.84. The largest absolute Gasteiger partial charge is 0.349 e. The molecule has 3 rings (SSSR count). The van der Waals surface area contributed by atoms with Gasteiger partial charge in [-0.3, -0.25) is 4.79 Å². The zero-order valence-corrected chi connectivity index (χ0v) is 15.9. The van der Waals surface area contributed by atoms with Gasteiger partial charge in [0, 0.05) is 16.7 Å². The lowest BCUT2D eigenvalue weighted by Gasteiger charge is -2.13. The summed E-state index contributed by atoms with van der Waals surface area (Å²) in [5, 5.41) is 5.85. The predicted octanol–water partition coefficient (Wildman–Crippen LogP) is 5.06. The average molecular weight is 387 g/mol. The van der Waals surface area contributed by atoms with Crippen molar-refractivity contribution in [2.75, 3.05) is 5.75 Å². The topological polar surface area (TPSA) is 42.0 Å². The van der Waals surface area contributed by atoms with Gasteiger partial charge in [-0.05, 0) is 36.8 Å². The van der Waals surface area contributed by atoms with E-state index in [4.69, 9.17) is 0 Å². The van der Waals surface area contributed by atoms with Crippen molar-refractivity contribution in [3.05, 3.63) is 77.1 Å². The first-order chi connectivity index (χ1) is 12.6. The number of hydrogen-bond donors (Lipinski definition) is 1. The van der Waals surface area contributed by atoms with E-state index >= 15 is 0 Å². The molecule has 0 bridgehead atoms. The minimum absolute atomic E-state index is 0.00588. The van der Waals surface area contributed by atoms with Crippen LogP contribution in [0.3, 0.4) is 0 Å². The van der Waals surface area contributed by atoms with Crippen LogP contribution < -0.4 is 5.32 Å². The van der Waals surface area contributed by atoms with Gasteiger partial charge in [0.1, 0.15) is 10.8 Å². The molecule has 0 fully saturated rings. The summed E-state index contributed by atoms with van der Waals surface area (Å²) in [5.41, 5.74) is 2.93. The van der Waals surface area contributed by atoms with Crippen LogP contribution in [-0.2, 0) is 10.5 Å². The zero-order valence-electron chi connectivity index (χ0n) is 14.3. The molecule has 1 heterocycles. The number of hydrogen-bond acceptors (Lipinski definition) is 4. The third kappa shape index (κ3) is 5.16. The van der Waals surface area contributed by atoms with Crippen molar-refractivity contribution >= 4 is 29.0 Å². The van der Waals surface area contributed by atoms with E-state index in [1.165, 1.54) is 35.2 Å². The van der Waals surface area contributed by atoms with Crippen LogP contribution in [-0.4, -0.2) is 16.6 Å². The van der Waals surface area contributed by atoms with E-state index < -0.39 is 0 Å². The van der Waals surface area contributed by atoms with Gasteiger partial charge in [0.15, 0.2) is 0 Å². The van der Waals surface area contributed by atoms with Crippen LogP contribution in [0.2, 0.25) is 0 Å². The fraction of sp³-hybridized carbons (Fsp3) is 0.200. The molecule has 1 amide bonds. The van der Waals surface area contributed by atoms with Crippen LogP contribution in [0.15, 0.2) is 60.0 Å². The Morgan fingerprint density at radius 3 is 2.65 bits per heavy atom.